The third-order valence-corrected chi connectivity index (χ3v) is 6.39. The highest BCUT2D eigenvalue weighted by molar-refractivity contribution is 7.89. The first-order chi connectivity index (χ1) is 12.3. The Morgan fingerprint density at radius 3 is 2.62 bits per heavy atom. The van der Waals surface area contributed by atoms with Gasteiger partial charge in [-0.2, -0.15) is 0 Å². The molecule has 1 heterocycles. The van der Waals surface area contributed by atoms with Crippen LogP contribution in [0.5, 0.6) is 0 Å². The van der Waals surface area contributed by atoms with Crippen LogP contribution in [0.25, 0.3) is 0 Å². The largest absolute Gasteiger partial charge is 0.312 e. The van der Waals surface area contributed by atoms with Crippen molar-refractivity contribution < 1.29 is 13.2 Å². The molecule has 0 aliphatic carbocycles. The minimum atomic E-state index is -3.65. The van der Waals surface area contributed by atoms with E-state index in [0.717, 1.165) is 35.2 Å². The number of anilines is 1. The van der Waals surface area contributed by atoms with Gasteiger partial charge in [-0.05, 0) is 61.6 Å². The van der Waals surface area contributed by atoms with Crippen molar-refractivity contribution in [2.24, 2.45) is 0 Å². The van der Waals surface area contributed by atoms with Crippen LogP contribution < -0.4 is 9.62 Å². The second kappa shape index (κ2) is 7.21. The van der Waals surface area contributed by atoms with Gasteiger partial charge in [0.2, 0.25) is 15.9 Å². The molecule has 0 bridgehead atoms. The number of nitrogens with one attached hydrogen (secondary N) is 1. The summed E-state index contributed by atoms with van der Waals surface area (Å²) in [6.45, 7) is 6.02. The summed E-state index contributed by atoms with van der Waals surface area (Å²) in [5.41, 5.74) is 3.72. The van der Waals surface area contributed by atoms with Crippen molar-refractivity contribution >= 4 is 21.6 Å². The van der Waals surface area contributed by atoms with E-state index in [2.05, 4.69) is 4.72 Å². The molecule has 1 unspecified atom stereocenters. The van der Waals surface area contributed by atoms with Gasteiger partial charge in [-0.1, -0.05) is 24.3 Å². The van der Waals surface area contributed by atoms with Crippen LogP contribution in [0, 0.1) is 6.92 Å². The molecule has 5 nitrogen and oxygen atoms in total. The van der Waals surface area contributed by atoms with E-state index in [-0.39, 0.29) is 16.8 Å². The Labute approximate surface area is 155 Å². The number of sulfonamides is 1. The van der Waals surface area contributed by atoms with Crippen molar-refractivity contribution in [2.75, 3.05) is 11.4 Å². The average Bonchev–Trinajstić information content (AvgIpc) is 2.60. The summed E-state index contributed by atoms with van der Waals surface area (Å²) in [6, 6.07) is 12.4. The van der Waals surface area contributed by atoms with Crippen molar-refractivity contribution in [1.29, 1.82) is 0 Å². The molecule has 2 aromatic rings. The SMILES string of the molecule is CC(=O)N1CCCc2cc(S(=O)(=O)NC(C)c3ccccc3C)ccc21. The molecule has 1 aliphatic heterocycles. The van der Waals surface area contributed by atoms with E-state index < -0.39 is 10.0 Å². The summed E-state index contributed by atoms with van der Waals surface area (Å²) in [5, 5.41) is 0. The fourth-order valence-corrected chi connectivity index (χ4v) is 4.78. The van der Waals surface area contributed by atoms with Gasteiger partial charge in [-0.25, -0.2) is 13.1 Å². The summed E-state index contributed by atoms with van der Waals surface area (Å²) in [4.78, 5) is 13.7. The predicted molar refractivity (Wildman–Crippen MR) is 103 cm³/mol. The molecule has 1 atom stereocenters. The van der Waals surface area contributed by atoms with Crippen LogP contribution in [0.1, 0.15) is 43.0 Å². The molecule has 0 saturated carbocycles. The monoisotopic (exact) mass is 372 g/mol. The molecule has 6 heteroatoms. The van der Waals surface area contributed by atoms with Crippen molar-refractivity contribution in [2.45, 2.75) is 44.6 Å². The Morgan fingerprint density at radius 1 is 1.19 bits per heavy atom. The smallest absolute Gasteiger partial charge is 0.241 e. The maximum absolute atomic E-state index is 12.8. The van der Waals surface area contributed by atoms with E-state index in [4.69, 9.17) is 0 Å². The van der Waals surface area contributed by atoms with E-state index in [9.17, 15) is 13.2 Å². The van der Waals surface area contributed by atoms with Gasteiger partial charge in [0, 0.05) is 25.2 Å². The van der Waals surface area contributed by atoms with Gasteiger partial charge in [-0.3, -0.25) is 4.79 Å². The molecule has 26 heavy (non-hydrogen) atoms. The van der Waals surface area contributed by atoms with Crippen LogP contribution in [0.3, 0.4) is 0 Å². The number of amides is 1. The van der Waals surface area contributed by atoms with Gasteiger partial charge < -0.3 is 4.90 Å². The van der Waals surface area contributed by atoms with Crippen LogP contribution in [-0.4, -0.2) is 20.9 Å². The van der Waals surface area contributed by atoms with Crippen molar-refractivity contribution in [1.82, 2.24) is 4.72 Å². The van der Waals surface area contributed by atoms with Crippen molar-refractivity contribution in [3.63, 3.8) is 0 Å². The van der Waals surface area contributed by atoms with Crippen molar-refractivity contribution in [3.8, 4) is 0 Å². The van der Waals surface area contributed by atoms with E-state index >= 15 is 0 Å². The predicted octanol–water partition coefficient (Wildman–Crippen LogP) is 3.33. The highest BCUT2D eigenvalue weighted by atomic mass is 32.2. The van der Waals surface area contributed by atoms with Gasteiger partial charge in [0.05, 0.1) is 4.90 Å². The number of carbonyl (C=O) groups is 1. The number of hydrogen-bond acceptors (Lipinski definition) is 3. The first-order valence-corrected chi connectivity index (χ1v) is 10.3. The average molecular weight is 372 g/mol. The molecule has 0 spiro atoms. The Morgan fingerprint density at radius 2 is 1.92 bits per heavy atom. The minimum Gasteiger partial charge on any atom is -0.312 e. The molecule has 138 valence electrons. The van der Waals surface area contributed by atoms with Gasteiger partial charge in [0.1, 0.15) is 0 Å². The van der Waals surface area contributed by atoms with E-state index in [1.165, 1.54) is 6.92 Å². The van der Waals surface area contributed by atoms with Crippen LogP contribution >= 0.6 is 0 Å². The Hall–Kier alpha value is -2.18. The van der Waals surface area contributed by atoms with Crippen LogP contribution in [0.15, 0.2) is 47.4 Å². The highest BCUT2D eigenvalue weighted by Crippen LogP contribution is 2.30. The summed E-state index contributed by atoms with van der Waals surface area (Å²) >= 11 is 0. The number of benzene rings is 2. The Balaban J connectivity index is 1.88. The molecule has 2 aromatic carbocycles. The Bertz CT molecular complexity index is 938. The lowest BCUT2D eigenvalue weighted by molar-refractivity contribution is -0.116. The van der Waals surface area contributed by atoms with Crippen LogP contribution in [0.2, 0.25) is 0 Å². The van der Waals surface area contributed by atoms with Gasteiger partial charge in [0.25, 0.3) is 0 Å². The Kier molecular flexibility index (Phi) is 5.16. The second-order valence-electron chi connectivity index (χ2n) is 6.76. The fraction of sp³-hybridized carbons (Fsp3) is 0.350. The number of rotatable bonds is 4. The van der Waals surface area contributed by atoms with E-state index in [0.29, 0.717) is 6.54 Å². The molecule has 3 rings (SSSR count). The zero-order valence-electron chi connectivity index (χ0n) is 15.3. The zero-order valence-corrected chi connectivity index (χ0v) is 16.1. The molecule has 1 amide bonds. The lowest BCUT2D eigenvalue weighted by atomic mass is 10.0. The number of hydrogen-bond donors (Lipinski definition) is 1. The molecule has 0 saturated heterocycles. The zero-order chi connectivity index (χ0) is 18.9. The minimum absolute atomic E-state index is 0.0205. The van der Waals surface area contributed by atoms with Crippen LogP contribution in [-0.2, 0) is 21.2 Å². The summed E-state index contributed by atoms with van der Waals surface area (Å²) in [7, 11) is -3.65. The summed E-state index contributed by atoms with van der Waals surface area (Å²) < 4.78 is 28.4. The highest BCUT2D eigenvalue weighted by Gasteiger charge is 2.24. The number of carbonyl (C=O) groups excluding carboxylic acids is 1. The van der Waals surface area contributed by atoms with Crippen LogP contribution in [0.4, 0.5) is 5.69 Å². The number of nitrogens with zero attached hydrogens (tertiary/aromatic N) is 1. The molecule has 0 radical (unpaired) electrons. The lowest BCUT2D eigenvalue weighted by Gasteiger charge is -2.29. The molecule has 1 N–H and O–H groups in total. The number of fused-ring (bicyclic) bond motifs is 1. The fourth-order valence-electron chi connectivity index (χ4n) is 3.50. The molecule has 0 fully saturated rings. The summed E-state index contributed by atoms with van der Waals surface area (Å²) in [5.74, 6) is -0.0205. The standard InChI is InChI=1S/C20H24N2O3S/c1-14-7-4-5-9-19(14)15(2)21-26(24,25)18-10-11-20-17(13-18)8-6-12-22(20)16(3)23/h4-5,7,9-11,13,15,21H,6,8,12H2,1-3H3. The van der Waals surface area contributed by atoms with Crippen molar-refractivity contribution in [3.05, 3.63) is 59.2 Å². The van der Waals surface area contributed by atoms with E-state index in [1.807, 2.05) is 38.1 Å². The van der Waals surface area contributed by atoms with Gasteiger partial charge in [-0.15, -0.1) is 0 Å². The maximum Gasteiger partial charge on any atom is 0.241 e. The molecule has 0 aromatic heterocycles. The first kappa shape index (κ1) is 18.6. The topological polar surface area (TPSA) is 66.5 Å². The van der Waals surface area contributed by atoms with E-state index in [1.54, 1.807) is 23.1 Å². The quantitative estimate of drug-likeness (QED) is 0.895. The van der Waals surface area contributed by atoms with Gasteiger partial charge in [0.15, 0.2) is 0 Å². The third-order valence-electron chi connectivity index (χ3n) is 4.85. The number of aryl methyl sites for hydroxylation is 2. The maximum atomic E-state index is 12.8. The summed E-state index contributed by atoms with van der Waals surface area (Å²) in [6.07, 6.45) is 1.61. The first-order valence-electron chi connectivity index (χ1n) is 8.78. The second-order valence-corrected chi connectivity index (χ2v) is 8.48. The third kappa shape index (κ3) is 3.66. The molecule has 1 aliphatic rings. The van der Waals surface area contributed by atoms with Gasteiger partial charge >= 0.3 is 0 Å². The lowest BCUT2D eigenvalue weighted by Crippen LogP contribution is -2.34. The normalized spacial score (nSPS) is 15.4. The molecular weight excluding hydrogens is 348 g/mol. The molecular formula is C20H24N2O3S.